The zero-order valence-electron chi connectivity index (χ0n) is 27.6. The fraction of sp³-hybridized carbons (Fsp3) is 0.0455. The number of anilines is 3. The normalized spacial score (nSPS) is 14.7. The second kappa shape index (κ2) is 10.8. The fourth-order valence-electron chi connectivity index (χ4n) is 9.12. The van der Waals surface area contributed by atoms with Gasteiger partial charge in [-0.1, -0.05) is 176 Å². The molecule has 7 aromatic rings. The monoisotopic (exact) mass is 675 g/mol. The minimum absolute atomic E-state index is 0.194. The molecule has 0 saturated carbocycles. The average molecular weight is 676 g/mol. The maximum atomic E-state index is 2.67. The molecule has 5 heteroatoms. The standard InChI is InChI=1S/C44H34BNSSi2/c1-48(2)41-27-15-13-25-37(41)46-38-29-34(49(31-17-6-3-7-18-31,32-19-8-4-9-20-32)33-21-10-5-11-22-33)30-40-43(38)45(35-23-12-14-26-39(35)47-40)36-24-16-28-42(48)44(36)46/h3-30H,1-2H3. The summed E-state index contributed by atoms with van der Waals surface area (Å²) in [5, 5.41) is 8.69. The van der Waals surface area contributed by atoms with Crippen LogP contribution >= 0.6 is 11.8 Å². The Morgan fingerprint density at radius 1 is 0.490 bits per heavy atom. The Labute approximate surface area is 295 Å². The Morgan fingerprint density at radius 3 is 1.71 bits per heavy atom. The summed E-state index contributed by atoms with van der Waals surface area (Å²) >= 11 is 1.96. The number of para-hydroxylation sites is 2. The van der Waals surface area contributed by atoms with Crippen molar-refractivity contribution in [1.29, 1.82) is 0 Å². The van der Waals surface area contributed by atoms with Gasteiger partial charge in [0.1, 0.15) is 8.07 Å². The Hall–Kier alpha value is -4.81. The summed E-state index contributed by atoms with van der Waals surface area (Å²) in [6.07, 6.45) is 0. The van der Waals surface area contributed by atoms with Gasteiger partial charge in [-0.25, -0.2) is 0 Å². The second-order valence-electron chi connectivity index (χ2n) is 14.0. The van der Waals surface area contributed by atoms with Gasteiger partial charge >= 0.3 is 0 Å². The largest absolute Gasteiger partial charge is 0.312 e. The molecule has 10 rings (SSSR count). The first kappa shape index (κ1) is 29.1. The Balaban J connectivity index is 1.37. The predicted molar refractivity (Wildman–Crippen MR) is 217 cm³/mol. The van der Waals surface area contributed by atoms with Gasteiger partial charge in [0.05, 0.1) is 0 Å². The molecule has 0 spiro atoms. The highest BCUT2D eigenvalue weighted by molar-refractivity contribution is 8.00. The van der Waals surface area contributed by atoms with Crippen LogP contribution in [0.25, 0.3) is 0 Å². The zero-order chi connectivity index (χ0) is 32.7. The first-order valence-electron chi connectivity index (χ1n) is 17.2. The molecule has 3 aliphatic heterocycles. The van der Waals surface area contributed by atoms with E-state index in [0.29, 0.717) is 0 Å². The maximum absolute atomic E-state index is 2.78. The zero-order valence-corrected chi connectivity index (χ0v) is 30.4. The maximum Gasteiger partial charge on any atom is 0.249 e. The lowest BCUT2D eigenvalue weighted by atomic mass is 9.35. The second-order valence-corrected chi connectivity index (χ2v) is 23.3. The third kappa shape index (κ3) is 4.01. The van der Waals surface area contributed by atoms with Crippen LogP contribution in [0, 0.1) is 0 Å². The highest BCUT2D eigenvalue weighted by Gasteiger charge is 2.49. The van der Waals surface area contributed by atoms with Crippen LogP contribution in [0.1, 0.15) is 0 Å². The van der Waals surface area contributed by atoms with Crippen molar-refractivity contribution in [2.75, 3.05) is 4.90 Å². The summed E-state index contributed by atoms with van der Waals surface area (Å²) in [6.45, 7) is 5.27. The summed E-state index contributed by atoms with van der Waals surface area (Å²) in [7, 11) is -4.76. The Bertz CT molecular complexity index is 2320. The number of fused-ring (bicyclic) bond motifs is 6. The quantitative estimate of drug-likeness (QED) is 0.192. The van der Waals surface area contributed by atoms with Crippen LogP contribution in [0.3, 0.4) is 0 Å². The van der Waals surface area contributed by atoms with Crippen LogP contribution in [0.15, 0.2) is 180 Å². The first-order chi connectivity index (χ1) is 24.1. The molecule has 0 saturated heterocycles. The van der Waals surface area contributed by atoms with Crippen molar-refractivity contribution in [1.82, 2.24) is 0 Å². The Kier molecular flexibility index (Phi) is 6.45. The first-order valence-corrected chi connectivity index (χ1v) is 23.0. The molecule has 0 aromatic heterocycles. The third-order valence-electron chi connectivity index (χ3n) is 11.2. The number of benzene rings is 7. The average Bonchev–Trinajstić information content (AvgIpc) is 3.16. The van der Waals surface area contributed by atoms with E-state index in [2.05, 4.69) is 188 Å². The van der Waals surface area contributed by atoms with E-state index in [0.717, 1.165) is 0 Å². The number of hydrogen-bond acceptors (Lipinski definition) is 2. The van der Waals surface area contributed by atoms with Gasteiger partial charge in [-0.05, 0) is 66.3 Å². The van der Waals surface area contributed by atoms with E-state index in [1.165, 1.54) is 74.4 Å². The lowest BCUT2D eigenvalue weighted by molar-refractivity contribution is 1.27. The molecule has 7 aromatic carbocycles. The third-order valence-corrected chi connectivity index (χ3v) is 20.7. The summed E-state index contributed by atoms with van der Waals surface area (Å²) in [6, 6.07) is 64.9. The van der Waals surface area contributed by atoms with Crippen molar-refractivity contribution >= 4 is 99.2 Å². The minimum atomic E-state index is -2.78. The summed E-state index contributed by atoms with van der Waals surface area (Å²) in [5.41, 5.74) is 8.44. The van der Waals surface area contributed by atoms with Crippen molar-refractivity contribution in [3.05, 3.63) is 170 Å². The van der Waals surface area contributed by atoms with Crippen molar-refractivity contribution in [3.8, 4) is 0 Å². The van der Waals surface area contributed by atoms with Gasteiger partial charge in [-0.15, -0.1) is 0 Å². The van der Waals surface area contributed by atoms with Gasteiger partial charge < -0.3 is 4.90 Å². The smallest absolute Gasteiger partial charge is 0.249 e. The van der Waals surface area contributed by atoms with Crippen LogP contribution in [0.2, 0.25) is 13.1 Å². The molecule has 49 heavy (non-hydrogen) atoms. The topological polar surface area (TPSA) is 3.24 Å². The molecule has 0 atom stereocenters. The van der Waals surface area contributed by atoms with Crippen LogP contribution in [0.4, 0.5) is 17.1 Å². The summed E-state index contributed by atoms with van der Waals surface area (Å²) in [5.74, 6) is 0. The van der Waals surface area contributed by atoms with Crippen molar-refractivity contribution in [2.24, 2.45) is 0 Å². The number of nitrogens with zero attached hydrogens (tertiary/aromatic N) is 1. The van der Waals surface area contributed by atoms with Gasteiger partial charge in [0.25, 0.3) is 0 Å². The van der Waals surface area contributed by atoms with Gasteiger partial charge in [-0.3, -0.25) is 0 Å². The van der Waals surface area contributed by atoms with E-state index >= 15 is 0 Å². The van der Waals surface area contributed by atoms with Crippen molar-refractivity contribution in [2.45, 2.75) is 22.9 Å². The molecule has 0 amide bonds. The lowest BCUT2D eigenvalue weighted by Crippen LogP contribution is -2.75. The summed E-state index contributed by atoms with van der Waals surface area (Å²) < 4.78 is 0. The number of hydrogen-bond donors (Lipinski definition) is 0. The highest BCUT2D eigenvalue weighted by Crippen LogP contribution is 2.43. The molecule has 3 heterocycles. The van der Waals surface area contributed by atoms with Gasteiger partial charge in [-0.2, -0.15) is 0 Å². The molecular formula is C44H34BNSSi2. The Morgan fingerprint density at radius 2 is 1.04 bits per heavy atom. The molecule has 0 radical (unpaired) electrons. The molecule has 0 N–H and O–H groups in total. The van der Waals surface area contributed by atoms with Crippen LogP contribution in [-0.2, 0) is 0 Å². The van der Waals surface area contributed by atoms with E-state index in [1.807, 2.05) is 11.8 Å². The van der Waals surface area contributed by atoms with E-state index in [1.54, 1.807) is 0 Å². The van der Waals surface area contributed by atoms with Gasteiger partial charge in [0.2, 0.25) is 6.71 Å². The van der Waals surface area contributed by atoms with Crippen molar-refractivity contribution < 1.29 is 0 Å². The van der Waals surface area contributed by atoms with Crippen LogP contribution in [-0.4, -0.2) is 22.9 Å². The number of rotatable bonds is 4. The van der Waals surface area contributed by atoms with E-state index in [4.69, 9.17) is 0 Å². The molecule has 3 aliphatic rings. The predicted octanol–water partition coefficient (Wildman–Crippen LogP) is 4.96. The van der Waals surface area contributed by atoms with Crippen LogP contribution in [0.5, 0.6) is 0 Å². The van der Waals surface area contributed by atoms with Gasteiger partial charge in [0, 0.05) is 26.9 Å². The van der Waals surface area contributed by atoms with E-state index < -0.39 is 16.1 Å². The fourth-order valence-corrected chi connectivity index (χ4v) is 18.2. The molecule has 0 unspecified atom stereocenters. The molecule has 0 fully saturated rings. The minimum Gasteiger partial charge on any atom is -0.312 e. The van der Waals surface area contributed by atoms with Crippen LogP contribution < -0.4 is 52.4 Å². The molecule has 0 aliphatic carbocycles. The lowest BCUT2D eigenvalue weighted by Gasteiger charge is -2.48. The molecule has 1 nitrogen and oxygen atoms in total. The van der Waals surface area contributed by atoms with E-state index in [-0.39, 0.29) is 6.71 Å². The summed E-state index contributed by atoms with van der Waals surface area (Å²) in [4.78, 5) is 5.42. The van der Waals surface area contributed by atoms with Gasteiger partial charge in [0.15, 0.2) is 8.07 Å². The molecule has 0 bridgehead atoms. The highest BCUT2D eigenvalue weighted by atomic mass is 32.2. The SMILES string of the molecule is C[Si]1(C)c2ccccc2N2c3cc([Si](c4ccccc4)(c4ccccc4)c4ccccc4)cc4c3B(c3ccccc3S4)c3cccc1c32. The van der Waals surface area contributed by atoms with Crippen molar-refractivity contribution in [3.63, 3.8) is 0 Å². The molecule has 232 valence electrons. The molecular weight excluding hydrogens is 642 g/mol. The van der Waals surface area contributed by atoms with E-state index in [9.17, 15) is 0 Å².